The summed E-state index contributed by atoms with van der Waals surface area (Å²) in [5, 5.41) is 22.0. The molecule has 0 aromatic rings. The number of carbonyl (C=O) groups excluding carboxylic acids is 1. The number of thioether (sulfide) groups is 1. The summed E-state index contributed by atoms with van der Waals surface area (Å²) in [6.45, 7) is 3.70. The van der Waals surface area contributed by atoms with E-state index in [0.29, 0.717) is 6.54 Å². The molecule has 4 N–H and O–H groups in total. The van der Waals surface area contributed by atoms with Gasteiger partial charge < -0.3 is 20.8 Å². The summed E-state index contributed by atoms with van der Waals surface area (Å²) in [5.74, 6) is -1.26. The van der Waals surface area contributed by atoms with Gasteiger partial charge in [-0.2, -0.15) is 11.8 Å². The third kappa shape index (κ3) is 5.82. The summed E-state index contributed by atoms with van der Waals surface area (Å²) < 4.78 is -0.116. The van der Waals surface area contributed by atoms with Crippen LogP contribution in [0, 0.1) is 0 Å². The largest absolute Gasteiger partial charge is 0.480 e. The van der Waals surface area contributed by atoms with Crippen LogP contribution in [0.25, 0.3) is 0 Å². The number of carboxylic acids is 1. The van der Waals surface area contributed by atoms with E-state index < -0.39 is 24.6 Å². The van der Waals surface area contributed by atoms with Gasteiger partial charge in [0.1, 0.15) is 0 Å². The lowest BCUT2D eigenvalue weighted by Gasteiger charge is -2.22. The van der Waals surface area contributed by atoms with Crippen LogP contribution in [0.15, 0.2) is 0 Å². The van der Waals surface area contributed by atoms with E-state index in [0.717, 1.165) is 0 Å². The molecule has 16 heavy (non-hydrogen) atoms. The van der Waals surface area contributed by atoms with Crippen molar-refractivity contribution in [2.24, 2.45) is 0 Å². The molecule has 0 fully saturated rings. The average molecular weight is 250 g/mol. The number of hydrogen-bond acceptors (Lipinski definition) is 4. The van der Waals surface area contributed by atoms with Gasteiger partial charge in [-0.05, 0) is 20.1 Å². The minimum absolute atomic E-state index is 0.116. The fourth-order valence-corrected chi connectivity index (χ4v) is 0.977. The average Bonchev–Trinajstić information content (AvgIpc) is 2.22. The molecule has 0 saturated carbocycles. The monoisotopic (exact) mass is 250 g/mol. The van der Waals surface area contributed by atoms with Crippen molar-refractivity contribution in [3.05, 3.63) is 0 Å². The third-order valence-electron chi connectivity index (χ3n) is 2.01. The number of urea groups is 1. The molecule has 1 atom stereocenters. The zero-order valence-electron chi connectivity index (χ0n) is 9.61. The molecule has 2 amide bonds. The summed E-state index contributed by atoms with van der Waals surface area (Å²) >= 11 is 1.59. The summed E-state index contributed by atoms with van der Waals surface area (Å²) in [5.41, 5.74) is 0. The molecule has 0 radical (unpaired) electrons. The van der Waals surface area contributed by atoms with Crippen molar-refractivity contribution in [1.29, 1.82) is 0 Å². The van der Waals surface area contributed by atoms with Crippen LogP contribution in [-0.2, 0) is 4.79 Å². The summed E-state index contributed by atoms with van der Waals surface area (Å²) in [4.78, 5) is 21.8. The first kappa shape index (κ1) is 15.0. The van der Waals surface area contributed by atoms with Gasteiger partial charge in [0.05, 0.1) is 6.61 Å². The molecule has 0 heterocycles. The van der Waals surface area contributed by atoms with Crippen LogP contribution >= 0.6 is 11.8 Å². The Morgan fingerprint density at radius 1 is 1.44 bits per heavy atom. The van der Waals surface area contributed by atoms with Crippen molar-refractivity contribution >= 4 is 23.8 Å². The van der Waals surface area contributed by atoms with Crippen LogP contribution in [0.4, 0.5) is 4.79 Å². The maximum atomic E-state index is 11.3. The Morgan fingerprint density at radius 2 is 2.00 bits per heavy atom. The van der Waals surface area contributed by atoms with E-state index in [1.807, 2.05) is 20.1 Å². The number of aliphatic carboxylic acids is 1. The van der Waals surface area contributed by atoms with Gasteiger partial charge in [0, 0.05) is 11.3 Å². The predicted molar refractivity (Wildman–Crippen MR) is 62.6 cm³/mol. The van der Waals surface area contributed by atoms with Gasteiger partial charge in [0.2, 0.25) is 0 Å². The van der Waals surface area contributed by atoms with Gasteiger partial charge >= 0.3 is 12.0 Å². The van der Waals surface area contributed by atoms with Crippen molar-refractivity contribution < 1.29 is 19.8 Å². The first-order valence-electron chi connectivity index (χ1n) is 4.75. The van der Waals surface area contributed by atoms with Crippen LogP contribution in [0.2, 0.25) is 0 Å². The second-order valence-corrected chi connectivity index (χ2v) is 5.38. The highest BCUT2D eigenvalue weighted by Crippen LogP contribution is 2.19. The van der Waals surface area contributed by atoms with Gasteiger partial charge in [0.15, 0.2) is 6.04 Å². The van der Waals surface area contributed by atoms with E-state index in [9.17, 15) is 9.59 Å². The van der Waals surface area contributed by atoms with E-state index in [1.165, 1.54) is 0 Å². The minimum atomic E-state index is -1.27. The number of aliphatic hydroxyl groups excluding tert-OH is 1. The van der Waals surface area contributed by atoms with Crippen LogP contribution < -0.4 is 10.6 Å². The quantitative estimate of drug-likeness (QED) is 0.526. The highest BCUT2D eigenvalue weighted by atomic mass is 32.2. The zero-order valence-corrected chi connectivity index (χ0v) is 10.4. The molecule has 0 aromatic heterocycles. The van der Waals surface area contributed by atoms with Crippen LogP contribution in [0.5, 0.6) is 0 Å². The normalized spacial score (nSPS) is 13.0. The molecule has 0 aromatic carbocycles. The van der Waals surface area contributed by atoms with Gasteiger partial charge in [0.25, 0.3) is 0 Å². The molecule has 0 aliphatic heterocycles. The summed E-state index contributed by atoms with van der Waals surface area (Å²) in [6.07, 6.45) is 1.92. The SMILES string of the molecule is CSC(C)(C)CNC(=O)NC(CO)C(=O)O. The second-order valence-electron chi connectivity index (χ2n) is 3.86. The second kappa shape index (κ2) is 6.59. The smallest absolute Gasteiger partial charge is 0.328 e. The molecule has 0 rings (SSSR count). The molecule has 0 aliphatic carbocycles. The number of rotatable bonds is 6. The molecule has 0 saturated heterocycles. The molecule has 0 bridgehead atoms. The Labute approximate surface area is 98.8 Å². The topological polar surface area (TPSA) is 98.7 Å². The molecular formula is C9H18N2O4S. The Hall–Kier alpha value is -0.950. The molecule has 0 spiro atoms. The van der Waals surface area contributed by atoms with Crippen molar-refractivity contribution in [2.75, 3.05) is 19.4 Å². The zero-order chi connectivity index (χ0) is 12.8. The highest BCUT2D eigenvalue weighted by molar-refractivity contribution is 7.99. The lowest BCUT2D eigenvalue weighted by atomic mass is 10.2. The lowest BCUT2D eigenvalue weighted by Crippen LogP contribution is -2.50. The van der Waals surface area contributed by atoms with Gasteiger partial charge in [-0.1, -0.05) is 0 Å². The molecule has 6 nitrogen and oxygen atoms in total. The van der Waals surface area contributed by atoms with E-state index >= 15 is 0 Å². The first-order chi connectivity index (χ1) is 7.32. The molecule has 1 unspecified atom stereocenters. The lowest BCUT2D eigenvalue weighted by molar-refractivity contribution is -0.140. The number of aliphatic hydroxyl groups is 1. The van der Waals surface area contributed by atoms with Crippen molar-refractivity contribution in [3.63, 3.8) is 0 Å². The fraction of sp³-hybridized carbons (Fsp3) is 0.778. The Kier molecular flexibility index (Phi) is 6.20. The number of amides is 2. The maximum absolute atomic E-state index is 11.3. The number of hydrogen-bond donors (Lipinski definition) is 4. The van der Waals surface area contributed by atoms with E-state index in [-0.39, 0.29) is 4.75 Å². The number of nitrogens with one attached hydrogen (secondary N) is 2. The van der Waals surface area contributed by atoms with E-state index in [1.54, 1.807) is 11.8 Å². The predicted octanol–water partition coefficient (Wildman–Crippen LogP) is -0.127. The molecule has 94 valence electrons. The van der Waals surface area contributed by atoms with Gasteiger partial charge in [-0.15, -0.1) is 0 Å². The number of carbonyl (C=O) groups is 2. The van der Waals surface area contributed by atoms with Crippen LogP contribution in [0.3, 0.4) is 0 Å². The van der Waals surface area contributed by atoms with E-state index in [4.69, 9.17) is 10.2 Å². The maximum Gasteiger partial charge on any atom is 0.328 e. The fourth-order valence-electron chi connectivity index (χ4n) is 0.760. The van der Waals surface area contributed by atoms with Gasteiger partial charge in [-0.25, -0.2) is 9.59 Å². The standard InChI is InChI=1S/C9H18N2O4S/c1-9(2,16-3)5-10-8(15)11-6(4-12)7(13)14/h6,12H,4-5H2,1-3H3,(H,13,14)(H2,10,11,15). The Morgan fingerprint density at radius 3 is 2.38 bits per heavy atom. The van der Waals surface area contributed by atoms with E-state index in [2.05, 4.69) is 10.6 Å². The third-order valence-corrected chi connectivity index (χ3v) is 3.26. The summed E-state index contributed by atoms with van der Waals surface area (Å²) in [6, 6.07) is -1.86. The van der Waals surface area contributed by atoms with Crippen LogP contribution in [0.1, 0.15) is 13.8 Å². The minimum Gasteiger partial charge on any atom is -0.480 e. The summed E-state index contributed by atoms with van der Waals surface area (Å²) in [7, 11) is 0. The molecule has 7 heteroatoms. The Bertz CT molecular complexity index is 258. The van der Waals surface area contributed by atoms with Gasteiger partial charge in [-0.3, -0.25) is 0 Å². The first-order valence-corrected chi connectivity index (χ1v) is 5.98. The van der Waals surface area contributed by atoms with Crippen molar-refractivity contribution in [1.82, 2.24) is 10.6 Å². The van der Waals surface area contributed by atoms with Crippen LogP contribution in [-0.4, -0.2) is 52.4 Å². The van der Waals surface area contributed by atoms with Crippen molar-refractivity contribution in [3.8, 4) is 0 Å². The highest BCUT2D eigenvalue weighted by Gasteiger charge is 2.21. The Balaban J connectivity index is 4.04. The van der Waals surface area contributed by atoms with Crippen molar-refractivity contribution in [2.45, 2.75) is 24.6 Å². The number of carboxylic acid groups (broad SMARTS) is 1. The molecule has 0 aliphatic rings. The molecular weight excluding hydrogens is 232 g/mol.